The van der Waals surface area contributed by atoms with Crippen molar-refractivity contribution in [2.45, 2.75) is 19.4 Å². The van der Waals surface area contributed by atoms with Crippen molar-refractivity contribution in [3.8, 4) is 0 Å². The molecule has 3 heteroatoms. The van der Waals surface area contributed by atoms with E-state index in [1.165, 1.54) is 17.3 Å². The minimum atomic E-state index is -0.221. The zero-order valence-corrected chi connectivity index (χ0v) is 10.8. The zero-order chi connectivity index (χ0) is 13.2. The van der Waals surface area contributed by atoms with Crippen molar-refractivity contribution in [3.63, 3.8) is 0 Å². The van der Waals surface area contributed by atoms with Crippen molar-refractivity contribution in [2.75, 3.05) is 11.4 Å². The average molecular weight is 256 g/mol. The Morgan fingerprint density at radius 1 is 1.16 bits per heavy atom. The van der Waals surface area contributed by atoms with Gasteiger partial charge in [-0.1, -0.05) is 18.2 Å². The van der Waals surface area contributed by atoms with Crippen molar-refractivity contribution in [1.82, 2.24) is 0 Å². The normalized spacial score (nSPS) is 14.3. The lowest BCUT2D eigenvalue weighted by Gasteiger charge is -2.31. The summed E-state index contributed by atoms with van der Waals surface area (Å²) >= 11 is 0. The SMILES string of the molecule is NCc1cc(F)cc(N2CCCc3ccccc32)c1. The van der Waals surface area contributed by atoms with Gasteiger partial charge in [0.25, 0.3) is 0 Å². The van der Waals surface area contributed by atoms with Crippen LogP contribution in [0.15, 0.2) is 42.5 Å². The number of benzene rings is 2. The first-order valence-corrected chi connectivity index (χ1v) is 6.63. The number of fused-ring (bicyclic) bond motifs is 1. The van der Waals surface area contributed by atoms with Crippen LogP contribution in [0.3, 0.4) is 0 Å². The van der Waals surface area contributed by atoms with Gasteiger partial charge in [-0.05, 0) is 48.2 Å². The first-order valence-electron chi connectivity index (χ1n) is 6.63. The number of aryl methyl sites for hydroxylation is 1. The fourth-order valence-corrected chi connectivity index (χ4v) is 2.71. The highest BCUT2D eigenvalue weighted by atomic mass is 19.1. The van der Waals surface area contributed by atoms with E-state index in [1.807, 2.05) is 12.1 Å². The summed E-state index contributed by atoms with van der Waals surface area (Å²) in [6.45, 7) is 1.28. The molecule has 98 valence electrons. The van der Waals surface area contributed by atoms with E-state index >= 15 is 0 Å². The Balaban J connectivity index is 2.06. The Morgan fingerprint density at radius 2 is 2.00 bits per heavy atom. The summed E-state index contributed by atoms with van der Waals surface area (Å²) < 4.78 is 13.7. The molecule has 0 bridgehead atoms. The molecule has 0 saturated heterocycles. The van der Waals surface area contributed by atoms with Gasteiger partial charge in [-0.3, -0.25) is 0 Å². The largest absolute Gasteiger partial charge is 0.341 e. The molecule has 1 aliphatic rings. The van der Waals surface area contributed by atoms with Gasteiger partial charge in [0.2, 0.25) is 0 Å². The molecule has 2 nitrogen and oxygen atoms in total. The molecule has 19 heavy (non-hydrogen) atoms. The molecule has 2 aromatic carbocycles. The van der Waals surface area contributed by atoms with Crippen molar-refractivity contribution >= 4 is 11.4 Å². The van der Waals surface area contributed by atoms with Crippen LogP contribution in [0.5, 0.6) is 0 Å². The summed E-state index contributed by atoms with van der Waals surface area (Å²) in [4.78, 5) is 2.18. The van der Waals surface area contributed by atoms with Gasteiger partial charge >= 0.3 is 0 Å². The summed E-state index contributed by atoms with van der Waals surface area (Å²) in [6.07, 6.45) is 2.18. The predicted octanol–water partition coefficient (Wildman–Crippen LogP) is 3.37. The lowest BCUT2D eigenvalue weighted by atomic mass is 10.0. The smallest absolute Gasteiger partial charge is 0.125 e. The number of para-hydroxylation sites is 1. The maximum atomic E-state index is 13.7. The van der Waals surface area contributed by atoms with Crippen LogP contribution < -0.4 is 10.6 Å². The third-order valence-electron chi connectivity index (χ3n) is 3.60. The van der Waals surface area contributed by atoms with Crippen molar-refractivity contribution in [2.24, 2.45) is 5.73 Å². The first kappa shape index (κ1) is 12.2. The highest BCUT2D eigenvalue weighted by Crippen LogP contribution is 2.33. The van der Waals surface area contributed by atoms with Gasteiger partial charge in [0, 0.05) is 24.5 Å². The van der Waals surface area contributed by atoms with E-state index in [4.69, 9.17) is 5.73 Å². The van der Waals surface area contributed by atoms with Crippen LogP contribution >= 0.6 is 0 Å². The monoisotopic (exact) mass is 256 g/mol. The van der Waals surface area contributed by atoms with Crippen LogP contribution in [-0.2, 0) is 13.0 Å². The van der Waals surface area contributed by atoms with E-state index in [1.54, 1.807) is 6.07 Å². The zero-order valence-electron chi connectivity index (χ0n) is 10.8. The highest BCUT2D eigenvalue weighted by molar-refractivity contribution is 5.68. The van der Waals surface area contributed by atoms with Gasteiger partial charge in [-0.2, -0.15) is 0 Å². The van der Waals surface area contributed by atoms with Gasteiger partial charge in [0.15, 0.2) is 0 Å². The molecule has 0 spiro atoms. The third kappa shape index (κ3) is 2.34. The number of nitrogens with two attached hydrogens (primary N) is 1. The Bertz CT molecular complexity index is 595. The Kier molecular flexibility index (Phi) is 3.22. The van der Waals surface area contributed by atoms with Crippen LogP contribution in [0.25, 0.3) is 0 Å². The number of halogens is 1. The topological polar surface area (TPSA) is 29.3 Å². The minimum absolute atomic E-state index is 0.221. The molecule has 1 heterocycles. The number of anilines is 2. The summed E-state index contributed by atoms with van der Waals surface area (Å²) in [5.41, 5.74) is 9.86. The van der Waals surface area contributed by atoms with E-state index in [-0.39, 0.29) is 5.82 Å². The summed E-state index contributed by atoms with van der Waals surface area (Å²) in [5, 5.41) is 0. The van der Waals surface area contributed by atoms with E-state index in [0.29, 0.717) is 6.54 Å². The van der Waals surface area contributed by atoms with Crippen molar-refractivity contribution < 1.29 is 4.39 Å². The van der Waals surface area contributed by atoms with E-state index < -0.39 is 0 Å². The molecule has 2 aromatic rings. The van der Waals surface area contributed by atoms with Crippen LogP contribution in [0.1, 0.15) is 17.5 Å². The second kappa shape index (κ2) is 5.02. The Labute approximate surface area is 112 Å². The van der Waals surface area contributed by atoms with Gasteiger partial charge < -0.3 is 10.6 Å². The van der Waals surface area contributed by atoms with E-state index in [0.717, 1.165) is 30.6 Å². The summed E-state index contributed by atoms with van der Waals surface area (Å²) in [7, 11) is 0. The van der Waals surface area contributed by atoms with Gasteiger partial charge in [-0.15, -0.1) is 0 Å². The van der Waals surface area contributed by atoms with Crippen LogP contribution in [-0.4, -0.2) is 6.54 Å². The Morgan fingerprint density at radius 3 is 2.84 bits per heavy atom. The fourth-order valence-electron chi connectivity index (χ4n) is 2.71. The predicted molar refractivity (Wildman–Crippen MR) is 76.1 cm³/mol. The third-order valence-corrected chi connectivity index (χ3v) is 3.60. The molecule has 3 rings (SSSR count). The highest BCUT2D eigenvalue weighted by Gasteiger charge is 2.18. The van der Waals surface area contributed by atoms with Crippen molar-refractivity contribution in [3.05, 3.63) is 59.4 Å². The van der Waals surface area contributed by atoms with E-state index in [9.17, 15) is 4.39 Å². The molecule has 0 atom stereocenters. The molecule has 2 N–H and O–H groups in total. The van der Waals surface area contributed by atoms with Gasteiger partial charge in [0.1, 0.15) is 5.82 Å². The number of rotatable bonds is 2. The molecule has 0 amide bonds. The quantitative estimate of drug-likeness (QED) is 0.892. The molecule has 0 radical (unpaired) electrons. The second-order valence-corrected chi connectivity index (χ2v) is 4.91. The maximum Gasteiger partial charge on any atom is 0.125 e. The van der Waals surface area contributed by atoms with Crippen LogP contribution in [0.2, 0.25) is 0 Å². The molecular weight excluding hydrogens is 239 g/mol. The Hall–Kier alpha value is -1.87. The molecule has 1 aliphatic heterocycles. The fraction of sp³-hybridized carbons (Fsp3) is 0.250. The molecule has 0 unspecified atom stereocenters. The van der Waals surface area contributed by atoms with Crippen LogP contribution in [0.4, 0.5) is 15.8 Å². The number of hydrogen-bond donors (Lipinski definition) is 1. The minimum Gasteiger partial charge on any atom is -0.341 e. The lowest BCUT2D eigenvalue weighted by Crippen LogP contribution is -2.24. The summed E-state index contributed by atoms with van der Waals surface area (Å²) in [6, 6.07) is 13.4. The molecule has 0 fully saturated rings. The molecule has 0 saturated carbocycles. The average Bonchev–Trinajstić information content (AvgIpc) is 2.46. The first-order chi connectivity index (χ1) is 9.28. The number of hydrogen-bond acceptors (Lipinski definition) is 2. The molecule has 0 aliphatic carbocycles. The molecule has 0 aromatic heterocycles. The van der Waals surface area contributed by atoms with Gasteiger partial charge in [-0.25, -0.2) is 4.39 Å². The van der Waals surface area contributed by atoms with Gasteiger partial charge in [0.05, 0.1) is 0 Å². The van der Waals surface area contributed by atoms with E-state index in [2.05, 4.69) is 23.1 Å². The lowest BCUT2D eigenvalue weighted by molar-refractivity contribution is 0.624. The summed E-state index contributed by atoms with van der Waals surface area (Å²) in [5.74, 6) is -0.221. The molecular formula is C16H17FN2. The maximum absolute atomic E-state index is 13.7. The van der Waals surface area contributed by atoms with Crippen molar-refractivity contribution in [1.29, 1.82) is 0 Å². The number of nitrogens with zero attached hydrogens (tertiary/aromatic N) is 1. The van der Waals surface area contributed by atoms with Crippen LogP contribution in [0, 0.1) is 5.82 Å². The standard InChI is InChI=1S/C16H17FN2/c17-14-8-12(11-18)9-15(10-14)19-7-3-5-13-4-1-2-6-16(13)19/h1-2,4,6,8-10H,3,5,7,11,18H2. The second-order valence-electron chi connectivity index (χ2n) is 4.91.